The van der Waals surface area contributed by atoms with Crippen molar-refractivity contribution in [3.63, 3.8) is 0 Å². The number of nitrogens with zero attached hydrogens (tertiary/aromatic N) is 2. The molecule has 0 spiro atoms. The predicted octanol–water partition coefficient (Wildman–Crippen LogP) is -0.792. The summed E-state index contributed by atoms with van der Waals surface area (Å²) in [5, 5.41) is 0. The molecule has 4 nitrogen and oxygen atoms in total. The predicted molar refractivity (Wildman–Crippen MR) is 56.2 cm³/mol. The summed E-state index contributed by atoms with van der Waals surface area (Å²) in [5.74, 6) is 0.554. The third kappa shape index (κ3) is 2.45. The van der Waals surface area contributed by atoms with E-state index in [9.17, 15) is 0 Å². The van der Waals surface area contributed by atoms with Crippen LogP contribution in [0.1, 0.15) is 0 Å². The standard InChI is InChI=1S/C10H21N3O/c1-12-2-4-13(5-3-12)6-9-7-14-8-10(9)11/h9-10H,2-8,11H2,1H3. The summed E-state index contributed by atoms with van der Waals surface area (Å²) in [7, 11) is 2.18. The quantitative estimate of drug-likeness (QED) is 0.633. The molecule has 0 aromatic heterocycles. The third-order valence-corrected chi connectivity index (χ3v) is 3.34. The van der Waals surface area contributed by atoms with Gasteiger partial charge in [-0.25, -0.2) is 0 Å². The number of ether oxygens (including phenoxy) is 1. The zero-order valence-electron chi connectivity index (χ0n) is 8.98. The molecule has 2 heterocycles. The molecule has 2 saturated heterocycles. The summed E-state index contributed by atoms with van der Waals surface area (Å²) in [4.78, 5) is 4.89. The lowest BCUT2D eigenvalue weighted by Gasteiger charge is -2.34. The summed E-state index contributed by atoms with van der Waals surface area (Å²) < 4.78 is 5.37. The molecule has 0 radical (unpaired) electrons. The Morgan fingerprint density at radius 3 is 2.50 bits per heavy atom. The number of rotatable bonds is 2. The molecule has 0 aromatic carbocycles. The van der Waals surface area contributed by atoms with Crippen molar-refractivity contribution in [2.24, 2.45) is 11.7 Å². The van der Waals surface area contributed by atoms with Crippen LogP contribution in [-0.4, -0.2) is 68.8 Å². The molecule has 14 heavy (non-hydrogen) atoms. The van der Waals surface area contributed by atoms with Gasteiger partial charge in [0.1, 0.15) is 0 Å². The molecule has 0 saturated carbocycles. The van der Waals surface area contributed by atoms with Gasteiger partial charge in [0, 0.05) is 44.7 Å². The van der Waals surface area contributed by atoms with Crippen LogP contribution in [0.4, 0.5) is 0 Å². The summed E-state index contributed by atoms with van der Waals surface area (Å²) >= 11 is 0. The molecule has 2 aliphatic rings. The third-order valence-electron chi connectivity index (χ3n) is 3.34. The van der Waals surface area contributed by atoms with E-state index in [0.717, 1.165) is 19.8 Å². The minimum Gasteiger partial charge on any atom is -0.379 e. The van der Waals surface area contributed by atoms with Crippen molar-refractivity contribution in [2.75, 3.05) is 53.0 Å². The smallest absolute Gasteiger partial charge is 0.0621 e. The van der Waals surface area contributed by atoms with E-state index in [1.807, 2.05) is 0 Å². The molecular weight excluding hydrogens is 178 g/mol. The second kappa shape index (κ2) is 4.57. The number of hydrogen-bond acceptors (Lipinski definition) is 4. The van der Waals surface area contributed by atoms with E-state index >= 15 is 0 Å². The Morgan fingerprint density at radius 2 is 1.93 bits per heavy atom. The number of likely N-dealkylation sites (N-methyl/N-ethyl adjacent to an activating group) is 1. The first-order chi connectivity index (χ1) is 6.75. The summed E-state index contributed by atoms with van der Waals surface area (Å²) in [6.07, 6.45) is 0. The lowest BCUT2D eigenvalue weighted by Crippen LogP contribution is -2.48. The lowest BCUT2D eigenvalue weighted by atomic mass is 10.0. The van der Waals surface area contributed by atoms with Gasteiger partial charge >= 0.3 is 0 Å². The van der Waals surface area contributed by atoms with Gasteiger partial charge in [0.05, 0.1) is 13.2 Å². The lowest BCUT2D eigenvalue weighted by molar-refractivity contribution is 0.124. The molecule has 2 unspecified atom stereocenters. The van der Waals surface area contributed by atoms with E-state index in [1.54, 1.807) is 0 Å². The van der Waals surface area contributed by atoms with E-state index in [4.69, 9.17) is 10.5 Å². The van der Waals surface area contributed by atoms with Crippen molar-refractivity contribution >= 4 is 0 Å². The van der Waals surface area contributed by atoms with Gasteiger partial charge < -0.3 is 20.3 Å². The van der Waals surface area contributed by atoms with Crippen molar-refractivity contribution in [2.45, 2.75) is 6.04 Å². The van der Waals surface area contributed by atoms with Crippen molar-refractivity contribution in [3.8, 4) is 0 Å². The Bertz CT molecular complexity index is 180. The SMILES string of the molecule is CN1CCN(CC2COCC2N)CC1. The van der Waals surface area contributed by atoms with Crippen LogP contribution >= 0.6 is 0 Å². The van der Waals surface area contributed by atoms with Gasteiger partial charge in [-0.2, -0.15) is 0 Å². The molecule has 2 N–H and O–H groups in total. The highest BCUT2D eigenvalue weighted by atomic mass is 16.5. The maximum Gasteiger partial charge on any atom is 0.0621 e. The summed E-state index contributed by atoms with van der Waals surface area (Å²) in [6.45, 7) is 7.45. The number of hydrogen-bond donors (Lipinski definition) is 1. The minimum absolute atomic E-state index is 0.259. The highest BCUT2D eigenvalue weighted by Gasteiger charge is 2.27. The van der Waals surface area contributed by atoms with Gasteiger partial charge in [-0.1, -0.05) is 0 Å². The van der Waals surface area contributed by atoms with Crippen molar-refractivity contribution in [1.82, 2.24) is 9.80 Å². The van der Waals surface area contributed by atoms with Crippen LogP contribution in [-0.2, 0) is 4.74 Å². The van der Waals surface area contributed by atoms with Gasteiger partial charge in [0.15, 0.2) is 0 Å². The van der Waals surface area contributed by atoms with Crippen LogP contribution in [0, 0.1) is 5.92 Å². The molecule has 4 heteroatoms. The van der Waals surface area contributed by atoms with Gasteiger partial charge in [0.25, 0.3) is 0 Å². The van der Waals surface area contributed by atoms with E-state index < -0.39 is 0 Å². The largest absolute Gasteiger partial charge is 0.379 e. The molecule has 2 rings (SSSR count). The second-order valence-electron chi connectivity index (χ2n) is 4.57. The first-order valence-electron chi connectivity index (χ1n) is 5.50. The van der Waals surface area contributed by atoms with Crippen molar-refractivity contribution in [3.05, 3.63) is 0 Å². The second-order valence-corrected chi connectivity index (χ2v) is 4.57. The van der Waals surface area contributed by atoms with Gasteiger partial charge in [-0.05, 0) is 7.05 Å². The van der Waals surface area contributed by atoms with Crippen LogP contribution < -0.4 is 5.73 Å². The first kappa shape index (κ1) is 10.4. The van der Waals surface area contributed by atoms with Crippen LogP contribution in [0.2, 0.25) is 0 Å². The molecule has 2 fully saturated rings. The average Bonchev–Trinajstić information content (AvgIpc) is 2.56. The molecule has 2 aliphatic heterocycles. The van der Waals surface area contributed by atoms with Crippen LogP contribution in [0.25, 0.3) is 0 Å². The minimum atomic E-state index is 0.259. The summed E-state index contributed by atoms with van der Waals surface area (Å²) in [5.41, 5.74) is 5.96. The Labute approximate surface area is 86.0 Å². The zero-order valence-corrected chi connectivity index (χ0v) is 8.98. The summed E-state index contributed by atoms with van der Waals surface area (Å²) in [6, 6.07) is 0.259. The Hall–Kier alpha value is -0.160. The van der Waals surface area contributed by atoms with Crippen LogP contribution in [0.15, 0.2) is 0 Å². The average molecular weight is 199 g/mol. The highest BCUT2D eigenvalue weighted by Crippen LogP contribution is 2.14. The maximum absolute atomic E-state index is 5.96. The van der Waals surface area contributed by atoms with E-state index in [0.29, 0.717) is 5.92 Å². The van der Waals surface area contributed by atoms with Gasteiger partial charge in [0.2, 0.25) is 0 Å². The van der Waals surface area contributed by atoms with Gasteiger partial charge in [-0.3, -0.25) is 0 Å². The Kier molecular flexibility index (Phi) is 3.38. The van der Waals surface area contributed by atoms with E-state index in [2.05, 4.69) is 16.8 Å². The van der Waals surface area contributed by atoms with Gasteiger partial charge in [-0.15, -0.1) is 0 Å². The normalized spacial score (nSPS) is 36.4. The Morgan fingerprint density at radius 1 is 1.21 bits per heavy atom. The van der Waals surface area contributed by atoms with E-state index in [-0.39, 0.29) is 6.04 Å². The fourth-order valence-electron chi connectivity index (χ4n) is 2.17. The van der Waals surface area contributed by atoms with E-state index in [1.165, 1.54) is 26.2 Å². The van der Waals surface area contributed by atoms with Crippen LogP contribution in [0.5, 0.6) is 0 Å². The maximum atomic E-state index is 5.96. The molecule has 2 atom stereocenters. The van der Waals surface area contributed by atoms with Crippen LogP contribution in [0.3, 0.4) is 0 Å². The fraction of sp³-hybridized carbons (Fsp3) is 1.00. The Balaban J connectivity index is 1.74. The first-order valence-corrected chi connectivity index (χ1v) is 5.50. The molecular formula is C10H21N3O. The molecule has 82 valence electrons. The van der Waals surface area contributed by atoms with Crippen molar-refractivity contribution in [1.29, 1.82) is 0 Å². The molecule has 0 bridgehead atoms. The molecule has 0 aromatic rings. The topological polar surface area (TPSA) is 41.7 Å². The monoisotopic (exact) mass is 199 g/mol. The van der Waals surface area contributed by atoms with Crippen molar-refractivity contribution < 1.29 is 4.74 Å². The fourth-order valence-corrected chi connectivity index (χ4v) is 2.17. The zero-order chi connectivity index (χ0) is 9.97. The molecule has 0 amide bonds. The highest BCUT2D eigenvalue weighted by molar-refractivity contribution is 4.82. The molecule has 0 aliphatic carbocycles. The number of nitrogens with two attached hydrogens (primary N) is 1. The number of piperazine rings is 1.